The third-order valence-corrected chi connectivity index (χ3v) is 3.32. The van der Waals surface area contributed by atoms with Gasteiger partial charge in [-0.15, -0.1) is 0 Å². The maximum atomic E-state index is 11.9. The second kappa shape index (κ2) is 5.41. The monoisotopic (exact) mass is 283 g/mol. The van der Waals surface area contributed by atoms with Crippen LogP contribution in [0.2, 0.25) is 0 Å². The molecular formula is C11H14BrN3O. The lowest BCUT2D eigenvalue weighted by Crippen LogP contribution is -2.37. The van der Waals surface area contributed by atoms with E-state index in [0.29, 0.717) is 4.60 Å². The number of amides is 1. The van der Waals surface area contributed by atoms with Crippen molar-refractivity contribution < 1.29 is 4.79 Å². The van der Waals surface area contributed by atoms with Gasteiger partial charge in [-0.05, 0) is 47.4 Å². The molecule has 0 radical (unpaired) electrons. The molecule has 86 valence electrons. The van der Waals surface area contributed by atoms with Crippen molar-refractivity contribution in [1.29, 1.82) is 0 Å². The first kappa shape index (κ1) is 11.5. The lowest BCUT2D eigenvalue weighted by atomic mass is 9.99. The Morgan fingerprint density at radius 1 is 1.62 bits per heavy atom. The molecule has 4 nitrogen and oxygen atoms in total. The number of pyridine rings is 1. The zero-order chi connectivity index (χ0) is 11.4. The summed E-state index contributed by atoms with van der Waals surface area (Å²) in [5, 5.41) is 6.12. The van der Waals surface area contributed by atoms with Gasteiger partial charge < -0.3 is 10.6 Å². The fraction of sp³-hybridized carbons (Fsp3) is 0.455. The Morgan fingerprint density at radius 2 is 2.50 bits per heavy atom. The number of rotatable bonds is 2. The van der Waals surface area contributed by atoms with Gasteiger partial charge >= 0.3 is 0 Å². The van der Waals surface area contributed by atoms with Crippen molar-refractivity contribution in [2.45, 2.75) is 12.8 Å². The molecule has 1 fully saturated rings. The van der Waals surface area contributed by atoms with Crippen molar-refractivity contribution >= 4 is 27.5 Å². The van der Waals surface area contributed by atoms with Gasteiger partial charge in [0.1, 0.15) is 4.60 Å². The Labute approximate surface area is 103 Å². The molecule has 0 aromatic carbocycles. The first-order valence-corrected chi connectivity index (χ1v) is 6.19. The number of carbonyl (C=O) groups is 1. The maximum absolute atomic E-state index is 11.9. The van der Waals surface area contributed by atoms with Crippen LogP contribution in [0, 0.1) is 5.92 Å². The van der Waals surface area contributed by atoms with Crippen LogP contribution >= 0.6 is 15.9 Å². The zero-order valence-corrected chi connectivity index (χ0v) is 10.5. The molecule has 1 saturated heterocycles. The van der Waals surface area contributed by atoms with Crippen molar-refractivity contribution in [2.24, 2.45) is 5.92 Å². The third kappa shape index (κ3) is 2.80. The van der Waals surface area contributed by atoms with Crippen LogP contribution in [0.25, 0.3) is 0 Å². The summed E-state index contributed by atoms with van der Waals surface area (Å²) >= 11 is 3.31. The van der Waals surface area contributed by atoms with Gasteiger partial charge in [0.25, 0.3) is 0 Å². The molecule has 2 N–H and O–H groups in total. The maximum Gasteiger partial charge on any atom is 0.228 e. The summed E-state index contributed by atoms with van der Waals surface area (Å²) in [5.74, 6) is 0.141. The van der Waals surface area contributed by atoms with Crippen LogP contribution in [0.4, 0.5) is 5.69 Å². The second-order valence-electron chi connectivity index (χ2n) is 3.87. The van der Waals surface area contributed by atoms with E-state index in [1.807, 2.05) is 6.07 Å². The molecule has 0 saturated carbocycles. The van der Waals surface area contributed by atoms with E-state index in [-0.39, 0.29) is 11.8 Å². The minimum atomic E-state index is 0.0702. The summed E-state index contributed by atoms with van der Waals surface area (Å²) in [7, 11) is 0. The SMILES string of the molecule is O=C(Nc1cccnc1Br)C1CCCNC1. The smallest absolute Gasteiger partial charge is 0.228 e. The molecule has 2 rings (SSSR count). The van der Waals surface area contributed by atoms with E-state index in [1.54, 1.807) is 12.3 Å². The minimum absolute atomic E-state index is 0.0702. The van der Waals surface area contributed by atoms with Gasteiger partial charge in [-0.1, -0.05) is 0 Å². The first-order chi connectivity index (χ1) is 7.77. The lowest BCUT2D eigenvalue weighted by Gasteiger charge is -2.21. The number of hydrogen-bond acceptors (Lipinski definition) is 3. The van der Waals surface area contributed by atoms with Gasteiger partial charge in [0.05, 0.1) is 11.6 Å². The number of hydrogen-bond donors (Lipinski definition) is 2. The molecular weight excluding hydrogens is 270 g/mol. The van der Waals surface area contributed by atoms with E-state index in [0.717, 1.165) is 31.6 Å². The van der Waals surface area contributed by atoms with Gasteiger partial charge in [0, 0.05) is 12.7 Å². The highest BCUT2D eigenvalue weighted by Gasteiger charge is 2.21. The van der Waals surface area contributed by atoms with Gasteiger partial charge in [-0.25, -0.2) is 4.98 Å². The summed E-state index contributed by atoms with van der Waals surface area (Å²) in [6.07, 6.45) is 3.70. The predicted octanol–water partition coefficient (Wildman–Crippen LogP) is 1.78. The predicted molar refractivity (Wildman–Crippen MR) is 66.2 cm³/mol. The average molecular weight is 284 g/mol. The average Bonchev–Trinajstić information content (AvgIpc) is 2.33. The summed E-state index contributed by atoms with van der Waals surface area (Å²) in [6, 6.07) is 3.64. The fourth-order valence-electron chi connectivity index (χ4n) is 1.79. The molecule has 2 heterocycles. The van der Waals surface area contributed by atoms with E-state index in [9.17, 15) is 4.79 Å². The number of anilines is 1. The fourth-order valence-corrected chi connectivity index (χ4v) is 2.14. The van der Waals surface area contributed by atoms with Crippen LogP contribution in [0.5, 0.6) is 0 Å². The van der Waals surface area contributed by atoms with Crippen LogP contribution in [0.15, 0.2) is 22.9 Å². The van der Waals surface area contributed by atoms with Crippen LogP contribution in [0.1, 0.15) is 12.8 Å². The summed E-state index contributed by atoms with van der Waals surface area (Å²) in [4.78, 5) is 16.0. The molecule has 0 spiro atoms. The summed E-state index contributed by atoms with van der Waals surface area (Å²) in [5.41, 5.74) is 0.734. The molecule has 1 unspecified atom stereocenters. The number of nitrogens with zero attached hydrogens (tertiary/aromatic N) is 1. The number of carbonyl (C=O) groups excluding carboxylic acids is 1. The Bertz CT molecular complexity index is 377. The van der Waals surface area contributed by atoms with Gasteiger partial charge in [-0.3, -0.25) is 4.79 Å². The largest absolute Gasteiger partial charge is 0.323 e. The number of nitrogens with one attached hydrogen (secondary N) is 2. The highest BCUT2D eigenvalue weighted by atomic mass is 79.9. The van der Waals surface area contributed by atoms with Crippen LogP contribution in [-0.2, 0) is 4.79 Å². The molecule has 0 bridgehead atoms. The molecule has 1 amide bonds. The van der Waals surface area contributed by atoms with E-state index in [1.165, 1.54) is 0 Å². The van der Waals surface area contributed by atoms with Crippen LogP contribution in [-0.4, -0.2) is 24.0 Å². The van der Waals surface area contributed by atoms with Crippen LogP contribution in [0.3, 0.4) is 0 Å². The number of piperidine rings is 1. The van der Waals surface area contributed by atoms with E-state index < -0.39 is 0 Å². The van der Waals surface area contributed by atoms with Crippen molar-refractivity contribution in [3.63, 3.8) is 0 Å². The van der Waals surface area contributed by atoms with Crippen molar-refractivity contribution in [2.75, 3.05) is 18.4 Å². The third-order valence-electron chi connectivity index (χ3n) is 2.68. The zero-order valence-electron chi connectivity index (χ0n) is 8.87. The van der Waals surface area contributed by atoms with Crippen molar-refractivity contribution in [3.8, 4) is 0 Å². The normalized spacial score (nSPS) is 20.4. The number of halogens is 1. The molecule has 16 heavy (non-hydrogen) atoms. The molecule has 0 aliphatic carbocycles. The van der Waals surface area contributed by atoms with Crippen LogP contribution < -0.4 is 10.6 Å². The molecule has 1 aliphatic heterocycles. The Morgan fingerprint density at radius 3 is 3.19 bits per heavy atom. The molecule has 1 aromatic heterocycles. The quantitative estimate of drug-likeness (QED) is 0.814. The molecule has 1 aromatic rings. The van der Waals surface area contributed by atoms with E-state index >= 15 is 0 Å². The first-order valence-electron chi connectivity index (χ1n) is 5.39. The minimum Gasteiger partial charge on any atom is -0.323 e. The van der Waals surface area contributed by atoms with Gasteiger partial charge in [0.2, 0.25) is 5.91 Å². The van der Waals surface area contributed by atoms with Crippen molar-refractivity contribution in [3.05, 3.63) is 22.9 Å². The standard InChI is InChI=1S/C11H14BrN3O/c12-10-9(4-2-6-14-10)15-11(16)8-3-1-5-13-7-8/h2,4,6,8,13H,1,3,5,7H2,(H,15,16). The Hall–Kier alpha value is -0.940. The van der Waals surface area contributed by atoms with E-state index in [4.69, 9.17) is 0 Å². The Balaban J connectivity index is 1.99. The molecule has 1 aliphatic rings. The Kier molecular flexibility index (Phi) is 3.90. The second-order valence-corrected chi connectivity index (χ2v) is 4.63. The highest BCUT2D eigenvalue weighted by Crippen LogP contribution is 2.20. The van der Waals surface area contributed by atoms with E-state index in [2.05, 4.69) is 31.5 Å². The van der Waals surface area contributed by atoms with Crippen molar-refractivity contribution in [1.82, 2.24) is 10.3 Å². The molecule has 1 atom stereocenters. The summed E-state index contributed by atoms with van der Waals surface area (Å²) in [6.45, 7) is 1.78. The van der Waals surface area contributed by atoms with Gasteiger partial charge in [-0.2, -0.15) is 0 Å². The molecule has 5 heteroatoms. The van der Waals surface area contributed by atoms with Gasteiger partial charge in [0.15, 0.2) is 0 Å². The highest BCUT2D eigenvalue weighted by molar-refractivity contribution is 9.10. The summed E-state index contributed by atoms with van der Waals surface area (Å²) < 4.78 is 0.673. The number of aromatic nitrogens is 1. The lowest BCUT2D eigenvalue weighted by molar-refractivity contribution is -0.120. The topological polar surface area (TPSA) is 54.0 Å².